The number of aromatic nitrogens is 7. The monoisotopic (exact) mass is 574 g/mol. The van der Waals surface area contributed by atoms with Crippen LogP contribution in [0, 0.1) is 23.2 Å². The van der Waals surface area contributed by atoms with Gasteiger partial charge >= 0.3 is 0 Å². The Morgan fingerprint density at radius 1 is 1.02 bits per heavy atom. The molecule has 0 spiro atoms. The number of fused-ring (bicyclic) bond motifs is 2. The van der Waals surface area contributed by atoms with Gasteiger partial charge in [-0.3, -0.25) is 14.5 Å². The van der Waals surface area contributed by atoms with Gasteiger partial charge in [-0.2, -0.15) is 15.5 Å². The van der Waals surface area contributed by atoms with E-state index >= 15 is 0 Å². The molecule has 216 valence electrons. The highest BCUT2D eigenvalue weighted by molar-refractivity contribution is 5.94. The molecule has 2 fully saturated rings. The summed E-state index contributed by atoms with van der Waals surface area (Å²) < 4.78 is 8.56. The van der Waals surface area contributed by atoms with Crippen molar-refractivity contribution in [2.75, 3.05) is 25.1 Å². The minimum Gasteiger partial charge on any atom is -0.481 e. The maximum Gasteiger partial charge on any atom is 0.253 e. The van der Waals surface area contributed by atoms with Gasteiger partial charge in [0.2, 0.25) is 5.88 Å². The van der Waals surface area contributed by atoms with Crippen LogP contribution < -0.4 is 15.0 Å². The van der Waals surface area contributed by atoms with Gasteiger partial charge in [0.1, 0.15) is 11.9 Å². The van der Waals surface area contributed by atoms with E-state index in [4.69, 9.17) is 14.7 Å². The summed E-state index contributed by atoms with van der Waals surface area (Å²) in [4.78, 5) is 29.0. The van der Waals surface area contributed by atoms with Gasteiger partial charge < -0.3 is 15.0 Å². The summed E-state index contributed by atoms with van der Waals surface area (Å²) in [5, 5.41) is 21.7. The third-order valence-corrected chi connectivity index (χ3v) is 8.63. The number of carbonyl (C=O) groups is 1. The van der Waals surface area contributed by atoms with Crippen LogP contribution in [-0.4, -0.2) is 66.0 Å². The molecule has 1 aliphatic heterocycles. The van der Waals surface area contributed by atoms with Gasteiger partial charge in [-0.25, -0.2) is 14.5 Å². The molecule has 0 aromatic carbocycles. The maximum absolute atomic E-state index is 12.9. The lowest BCUT2D eigenvalue weighted by molar-refractivity contribution is 0.0904. The summed E-state index contributed by atoms with van der Waals surface area (Å²) >= 11 is 0. The number of methoxy groups -OCH3 is 1. The highest BCUT2D eigenvalue weighted by Crippen LogP contribution is 2.44. The van der Waals surface area contributed by atoms with Crippen LogP contribution in [0.3, 0.4) is 0 Å². The first-order valence-corrected chi connectivity index (χ1v) is 14.1. The number of nitriles is 1. The van der Waals surface area contributed by atoms with Crippen LogP contribution in [0.4, 0.5) is 5.82 Å². The van der Waals surface area contributed by atoms with Gasteiger partial charge in [0.15, 0.2) is 0 Å². The molecule has 5 aromatic heterocycles. The zero-order valence-corrected chi connectivity index (χ0v) is 24.1. The first-order chi connectivity index (χ1) is 20.8. The first-order valence-electron chi connectivity index (χ1n) is 14.1. The average molecular weight is 575 g/mol. The van der Waals surface area contributed by atoms with Crippen molar-refractivity contribution in [2.45, 2.75) is 25.3 Å². The van der Waals surface area contributed by atoms with E-state index in [1.165, 1.54) is 0 Å². The quantitative estimate of drug-likeness (QED) is 0.323. The molecule has 0 bridgehead atoms. The predicted molar refractivity (Wildman–Crippen MR) is 158 cm³/mol. The number of pyridine rings is 2. The smallest absolute Gasteiger partial charge is 0.253 e. The molecule has 43 heavy (non-hydrogen) atoms. The predicted octanol–water partition coefficient (Wildman–Crippen LogP) is 3.50. The van der Waals surface area contributed by atoms with Crippen molar-refractivity contribution in [1.29, 1.82) is 5.26 Å². The molecule has 5 aromatic rings. The highest BCUT2D eigenvalue weighted by Gasteiger charge is 2.47. The number of hydrogen-bond donors (Lipinski definition) is 1. The lowest BCUT2D eigenvalue weighted by Gasteiger charge is -2.28. The second-order valence-corrected chi connectivity index (χ2v) is 11.7. The van der Waals surface area contributed by atoms with Gasteiger partial charge in [0.25, 0.3) is 5.91 Å². The number of nitrogens with one attached hydrogen (secondary N) is 1. The number of ether oxygens (including phenoxy) is 1. The van der Waals surface area contributed by atoms with Crippen LogP contribution in [0.25, 0.3) is 27.9 Å². The Labute approximate surface area is 248 Å². The molecule has 7 rings (SSSR count). The molecule has 1 saturated carbocycles. The van der Waals surface area contributed by atoms with Crippen LogP contribution >= 0.6 is 0 Å². The number of carbonyl (C=O) groups excluding carboxylic acids is 1. The molecule has 6 heterocycles. The normalized spacial score (nSPS) is 21.1. The van der Waals surface area contributed by atoms with E-state index in [2.05, 4.69) is 38.4 Å². The van der Waals surface area contributed by atoms with Crippen molar-refractivity contribution < 1.29 is 9.53 Å². The zero-order chi connectivity index (χ0) is 29.7. The van der Waals surface area contributed by atoms with Crippen molar-refractivity contribution in [3.8, 4) is 34.3 Å². The van der Waals surface area contributed by atoms with Crippen molar-refractivity contribution in [1.82, 2.24) is 39.7 Å². The number of hydrogen-bond acceptors (Lipinski definition) is 9. The van der Waals surface area contributed by atoms with Crippen LogP contribution in [0.1, 0.15) is 35.7 Å². The van der Waals surface area contributed by atoms with E-state index in [0.29, 0.717) is 40.1 Å². The van der Waals surface area contributed by atoms with Crippen LogP contribution in [0.15, 0.2) is 61.6 Å². The molecule has 1 N–H and O–H groups in total. The third kappa shape index (κ3) is 4.82. The van der Waals surface area contributed by atoms with E-state index in [0.717, 1.165) is 48.4 Å². The van der Waals surface area contributed by atoms with E-state index < -0.39 is 0 Å². The summed E-state index contributed by atoms with van der Waals surface area (Å²) in [6.07, 6.45) is 14.1. The SMILES string of the molecule is COc1ccc(C(=O)NC2(C)C[C@H]3CN(c4cnc(-c5cc(-c6cnn(C)c6)cn6ncc(C#N)c56)cn4)C[C@H]3C2)cn1. The maximum atomic E-state index is 12.9. The van der Waals surface area contributed by atoms with Gasteiger partial charge in [-0.05, 0) is 43.7 Å². The summed E-state index contributed by atoms with van der Waals surface area (Å²) in [6.45, 7) is 3.85. The molecular formula is C31H30N10O2. The Balaban J connectivity index is 1.07. The third-order valence-electron chi connectivity index (χ3n) is 8.63. The fraction of sp³-hybridized carbons (Fsp3) is 0.323. The summed E-state index contributed by atoms with van der Waals surface area (Å²) in [5.74, 6) is 2.08. The lowest BCUT2D eigenvalue weighted by Crippen LogP contribution is -2.45. The summed E-state index contributed by atoms with van der Waals surface area (Å²) in [5.41, 5.74) is 4.73. The standard InChI is InChI=1S/C31H30N10O2/c1-31(38-30(42)19-4-5-28(43-3)35-10-19)7-21-16-40(17-22(21)8-31)27-14-33-26(13-34-27)25-6-20(24-12-36-39(2)15-24)18-41-29(25)23(9-32)11-37-41/h4-6,10-15,18,21-22H,7-8,16-17H2,1-3H3,(H,38,42)/t21-,22+,31?. The molecular weight excluding hydrogens is 544 g/mol. The topological polar surface area (TPSA) is 139 Å². The highest BCUT2D eigenvalue weighted by atomic mass is 16.5. The molecule has 0 radical (unpaired) electrons. The average Bonchev–Trinajstić information content (AvgIpc) is 3.79. The molecule has 12 nitrogen and oxygen atoms in total. The Morgan fingerprint density at radius 3 is 2.47 bits per heavy atom. The van der Waals surface area contributed by atoms with Crippen molar-refractivity contribution in [3.63, 3.8) is 0 Å². The Morgan fingerprint density at radius 2 is 1.84 bits per heavy atom. The summed E-state index contributed by atoms with van der Waals surface area (Å²) in [7, 11) is 3.43. The van der Waals surface area contributed by atoms with E-state index in [-0.39, 0.29) is 11.4 Å². The van der Waals surface area contributed by atoms with Crippen LogP contribution in [0.5, 0.6) is 5.88 Å². The Hall–Kier alpha value is -5.31. The van der Waals surface area contributed by atoms with Crippen molar-refractivity contribution >= 4 is 17.2 Å². The molecule has 12 heteroatoms. The summed E-state index contributed by atoms with van der Waals surface area (Å²) in [6, 6.07) is 7.69. The minimum absolute atomic E-state index is 0.115. The lowest BCUT2D eigenvalue weighted by atomic mass is 9.97. The van der Waals surface area contributed by atoms with Gasteiger partial charge in [-0.1, -0.05) is 0 Å². The van der Waals surface area contributed by atoms with Crippen LogP contribution in [-0.2, 0) is 7.05 Å². The number of amides is 1. The fourth-order valence-electron chi connectivity index (χ4n) is 6.66. The molecule has 1 aliphatic carbocycles. The molecule has 3 atom stereocenters. The van der Waals surface area contributed by atoms with Gasteiger partial charge in [0.05, 0.1) is 54.2 Å². The number of rotatable bonds is 6. The van der Waals surface area contributed by atoms with Gasteiger partial charge in [0, 0.05) is 67.0 Å². The second-order valence-electron chi connectivity index (χ2n) is 11.7. The Bertz CT molecular complexity index is 1860. The van der Waals surface area contributed by atoms with Crippen molar-refractivity contribution in [2.24, 2.45) is 18.9 Å². The van der Waals surface area contributed by atoms with Crippen molar-refractivity contribution in [3.05, 3.63) is 72.7 Å². The number of anilines is 1. The van der Waals surface area contributed by atoms with E-state index in [1.807, 2.05) is 31.7 Å². The molecule has 2 aliphatic rings. The van der Waals surface area contributed by atoms with E-state index in [9.17, 15) is 10.1 Å². The number of nitrogens with zero attached hydrogens (tertiary/aromatic N) is 9. The van der Waals surface area contributed by atoms with Gasteiger partial charge in [-0.15, -0.1) is 0 Å². The van der Waals surface area contributed by atoms with E-state index in [1.54, 1.807) is 53.2 Å². The fourth-order valence-corrected chi connectivity index (χ4v) is 6.66. The number of aryl methyl sites for hydroxylation is 1. The molecule has 1 amide bonds. The molecule has 1 unspecified atom stereocenters. The molecule has 1 saturated heterocycles. The first kappa shape index (κ1) is 26.6. The van der Waals surface area contributed by atoms with Crippen LogP contribution in [0.2, 0.25) is 0 Å². The zero-order valence-electron chi connectivity index (χ0n) is 24.1. The largest absolute Gasteiger partial charge is 0.481 e. The second kappa shape index (κ2) is 10.2. The Kier molecular flexibility index (Phi) is 6.30. The minimum atomic E-state index is -0.275.